The molecule has 0 fully saturated rings. The molecule has 1 aromatic carbocycles. The van der Waals surface area contributed by atoms with E-state index < -0.39 is 5.97 Å². The maximum Gasteiger partial charge on any atom is 0.340 e. The lowest BCUT2D eigenvalue weighted by molar-refractivity contribution is 0.0601. The van der Waals surface area contributed by atoms with Gasteiger partial charge in [0.05, 0.1) is 18.4 Å². The van der Waals surface area contributed by atoms with E-state index in [0.717, 1.165) is 5.82 Å². The highest BCUT2D eigenvalue weighted by molar-refractivity contribution is 5.94. The molecule has 17 heavy (non-hydrogen) atoms. The minimum absolute atomic E-state index is 0.416. The maximum absolute atomic E-state index is 11.7. The highest BCUT2D eigenvalue weighted by Crippen LogP contribution is 2.20. The molecule has 2 rings (SSSR count). The molecular formula is C12H13N3O2. The number of aromatic nitrogens is 2. The van der Waals surface area contributed by atoms with Gasteiger partial charge in [-0.2, -0.15) is 0 Å². The van der Waals surface area contributed by atoms with Crippen molar-refractivity contribution in [2.75, 3.05) is 12.8 Å². The van der Waals surface area contributed by atoms with Crippen molar-refractivity contribution in [3.63, 3.8) is 0 Å². The molecule has 0 aliphatic carbocycles. The number of benzene rings is 1. The Morgan fingerprint density at radius 2 is 2.24 bits per heavy atom. The molecule has 5 nitrogen and oxygen atoms in total. The second kappa shape index (κ2) is 4.29. The molecule has 0 bridgehead atoms. The van der Waals surface area contributed by atoms with Crippen LogP contribution in [0.5, 0.6) is 0 Å². The lowest BCUT2D eigenvalue weighted by Gasteiger charge is -2.10. The SMILES string of the molecule is COC(=O)c1cc(N)ccc1-n1ccnc1C. The average Bonchev–Trinajstić information content (AvgIpc) is 2.74. The molecule has 88 valence electrons. The number of aryl methyl sites for hydroxylation is 1. The average molecular weight is 231 g/mol. The van der Waals surface area contributed by atoms with E-state index in [1.807, 2.05) is 11.5 Å². The summed E-state index contributed by atoms with van der Waals surface area (Å²) in [5, 5.41) is 0. The second-order valence-corrected chi connectivity index (χ2v) is 3.61. The van der Waals surface area contributed by atoms with Gasteiger partial charge in [0.1, 0.15) is 5.82 Å². The topological polar surface area (TPSA) is 70.1 Å². The Balaban J connectivity index is 2.62. The number of carbonyl (C=O) groups excluding carboxylic acids is 1. The molecule has 1 aromatic heterocycles. The van der Waals surface area contributed by atoms with Gasteiger partial charge in [-0.1, -0.05) is 0 Å². The van der Waals surface area contributed by atoms with Crippen LogP contribution in [-0.2, 0) is 4.74 Å². The highest BCUT2D eigenvalue weighted by atomic mass is 16.5. The number of hydrogen-bond acceptors (Lipinski definition) is 4. The monoisotopic (exact) mass is 231 g/mol. The van der Waals surface area contributed by atoms with Gasteiger partial charge in [0.2, 0.25) is 0 Å². The lowest BCUT2D eigenvalue weighted by Crippen LogP contribution is -2.09. The summed E-state index contributed by atoms with van der Waals surface area (Å²) in [6, 6.07) is 5.11. The van der Waals surface area contributed by atoms with Crippen LogP contribution in [0.4, 0.5) is 5.69 Å². The molecule has 0 spiro atoms. The Morgan fingerprint density at radius 3 is 2.82 bits per heavy atom. The third-order valence-electron chi connectivity index (χ3n) is 2.51. The first-order chi connectivity index (χ1) is 8.13. The van der Waals surface area contributed by atoms with Gasteiger partial charge in [0, 0.05) is 18.1 Å². The van der Waals surface area contributed by atoms with Crippen LogP contribution in [0, 0.1) is 6.92 Å². The molecule has 2 aromatic rings. The molecule has 2 N–H and O–H groups in total. The van der Waals surface area contributed by atoms with Gasteiger partial charge in [-0.3, -0.25) is 0 Å². The predicted molar refractivity (Wildman–Crippen MR) is 64.1 cm³/mol. The summed E-state index contributed by atoms with van der Waals surface area (Å²) in [5.41, 5.74) is 7.33. The quantitative estimate of drug-likeness (QED) is 0.628. The number of nitrogens with zero attached hydrogens (tertiary/aromatic N) is 2. The van der Waals surface area contributed by atoms with Crippen LogP contribution in [0.3, 0.4) is 0 Å². The summed E-state index contributed by atoms with van der Waals surface area (Å²) in [6.07, 6.45) is 3.46. The maximum atomic E-state index is 11.7. The summed E-state index contributed by atoms with van der Waals surface area (Å²) in [4.78, 5) is 15.8. The molecule has 0 aliphatic rings. The summed E-state index contributed by atoms with van der Waals surface area (Å²) in [6.45, 7) is 1.86. The zero-order valence-electron chi connectivity index (χ0n) is 9.68. The smallest absolute Gasteiger partial charge is 0.340 e. The molecule has 5 heteroatoms. The van der Waals surface area contributed by atoms with Crippen molar-refractivity contribution >= 4 is 11.7 Å². The Bertz CT molecular complexity index is 561. The summed E-state index contributed by atoms with van der Waals surface area (Å²) < 4.78 is 6.55. The van der Waals surface area contributed by atoms with Crippen LogP contribution < -0.4 is 5.73 Å². The van der Waals surface area contributed by atoms with E-state index in [4.69, 9.17) is 10.5 Å². The van der Waals surface area contributed by atoms with Gasteiger partial charge in [-0.05, 0) is 25.1 Å². The van der Waals surface area contributed by atoms with E-state index >= 15 is 0 Å². The number of hydrogen-bond donors (Lipinski definition) is 1. The third-order valence-corrected chi connectivity index (χ3v) is 2.51. The first-order valence-corrected chi connectivity index (χ1v) is 5.11. The normalized spacial score (nSPS) is 10.2. The molecule has 1 heterocycles. The van der Waals surface area contributed by atoms with Crippen LogP contribution in [0.15, 0.2) is 30.6 Å². The fraction of sp³-hybridized carbons (Fsp3) is 0.167. The van der Waals surface area contributed by atoms with Gasteiger partial charge >= 0.3 is 5.97 Å². The first-order valence-electron chi connectivity index (χ1n) is 5.11. The summed E-state index contributed by atoms with van der Waals surface area (Å²) >= 11 is 0. The van der Waals surface area contributed by atoms with Crippen LogP contribution in [-0.4, -0.2) is 22.6 Å². The predicted octanol–water partition coefficient (Wildman–Crippen LogP) is 1.55. The number of methoxy groups -OCH3 is 1. The fourth-order valence-electron chi connectivity index (χ4n) is 1.67. The number of nitrogens with two attached hydrogens (primary N) is 1. The molecule has 0 saturated heterocycles. The van der Waals surface area contributed by atoms with Crippen molar-refractivity contribution in [3.05, 3.63) is 42.0 Å². The minimum atomic E-state index is -0.416. The molecule has 0 amide bonds. The van der Waals surface area contributed by atoms with E-state index in [-0.39, 0.29) is 0 Å². The Morgan fingerprint density at radius 1 is 1.47 bits per heavy atom. The number of imidazole rings is 1. The minimum Gasteiger partial charge on any atom is -0.465 e. The van der Waals surface area contributed by atoms with E-state index in [0.29, 0.717) is 16.9 Å². The van der Waals surface area contributed by atoms with Crippen LogP contribution >= 0.6 is 0 Å². The van der Waals surface area contributed by atoms with Crippen LogP contribution in [0.1, 0.15) is 16.2 Å². The van der Waals surface area contributed by atoms with Crippen molar-refractivity contribution in [2.24, 2.45) is 0 Å². The Labute approximate surface area is 98.8 Å². The molecule has 0 aliphatic heterocycles. The highest BCUT2D eigenvalue weighted by Gasteiger charge is 2.14. The molecule has 0 saturated carbocycles. The van der Waals surface area contributed by atoms with Gasteiger partial charge in [0.25, 0.3) is 0 Å². The number of esters is 1. The lowest BCUT2D eigenvalue weighted by atomic mass is 10.1. The van der Waals surface area contributed by atoms with Crippen LogP contribution in [0.2, 0.25) is 0 Å². The first kappa shape index (κ1) is 11.2. The van der Waals surface area contributed by atoms with Crippen molar-refractivity contribution < 1.29 is 9.53 Å². The van der Waals surface area contributed by atoms with Gasteiger partial charge in [-0.25, -0.2) is 9.78 Å². The van der Waals surface area contributed by atoms with Crippen molar-refractivity contribution in [2.45, 2.75) is 6.92 Å². The molecule has 0 atom stereocenters. The molecule has 0 radical (unpaired) electrons. The third kappa shape index (κ3) is 1.99. The van der Waals surface area contributed by atoms with Crippen molar-refractivity contribution in [1.29, 1.82) is 0 Å². The summed E-state index contributed by atoms with van der Waals surface area (Å²) in [5.74, 6) is 0.375. The van der Waals surface area contributed by atoms with E-state index in [2.05, 4.69) is 4.98 Å². The Hall–Kier alpha value is -2.30. The zero-order valence-corrected chi connectivity index (χ0v) is 9.68. The van der Waals surface area contributed by atoms with Gasteiger partial charge < -0.3 is 15.0 Å². The van der Waals surface area contributed by atoms with Gasteiger partial charge in [0.15, 0.2) is 0 Å². The van der Waals surface area contributed by atoms with Crippen molar-refractivity contribution in [1.82, 2.24) is 9.55 Å². The number of carbonyl (C=O) groups is 1. The summed E-state index contributed by atoms with van der Waals surface area (Å²) in [7, 11) is 1.34. The number of rotatable bonds is 2. The largest absolute Gasteiger partial charge is 0.465 e. The standard InChI is InChI=1S/C12H13N3O2/c1-8-14-5-6-15(8)11-4-3-9(13)7-10(11)12(16)17-2/h3-7H,13H2,1-2H3. The van der Waals surface area contributed by atoms with Crippen LogP contribution in [0.25, 0.3) is 5.69 Å². The van der Waals surface area contributed by atoms with E-state index in [9.17, 15) is 4.79 Å². The second-order valence-electron chi connectivity index (χ2n) is 3.61. The number of anilines is 1. The number of ether oxygens (including phenoxy) is 1. The Kier molecular flexibility index (Phi) is 2.82. The molecular weight excluding hydrogens is 218 g/mol. The number of nitrogen functional groups attached to an aromatic ring is 1. The van der Waals surface area contributed by atoms with E-state index in [1.54, 1.807) is 30.6 Å². The van der Waals surface area contributed by atoms with Crippen molar-refractivity contribution in [3.8, 4) is 5.69 Å². The molecule has 0 unspecified atom stereocenters. The zero-order chi connectivity index (χ0) is 12.4. The van der Waals surface area contributed by atoms with Gasteiger partial charge in [-0.15, -0.1) is 0 Å². The van der Waals surface area contributed by atoms with E-state index in [1.165, 1.54) is 7.11 Å². The fourth-order valence-corrected chi connectivity index (χ4v) is 1.67.